The molecule has 2 rings (SSSR count). The fourth-order valence-corrected chi connectivity index (χ4v) is 3.20. The number of nitrogens with zero attached hydrogens (tertiary/aromatic N) is 1. The number of nitriles is 1. The Balaban J connectivity index is 1.84. The quantitative estimate of drug-likeness (QED) is 0.809. The summed E-state index contributed by atoms with van der Waals surface area (Å²) in [6.07, 6.45) is 2.00. The van der Waals surface area contributed by atoms with E-state index >= 15 is 0 Å². The molecule has 0 aliphatic heterocycles. The van der Waals surface area contributed by atoms with Crippen LogP contribution in [0.4, 0.5) is 5.69 Å². The van der Waals surface area contributed by atoms with Crippen LogP contribution in [-0.2, 0) is 10.5 Å². The number of anilines is 1. The Morgan fingerprint density at radius 3 is 2.82 bits per heavy atom. The molecule has 1 N–H and O–H groups in total. The minimum Gasteiger partial charge on any atom is -0.325 e. The van der Waals surface area contributed by atoms with Gasteiger partial charge in [-0.05, 0) is 36.1 Å². The Bertz CT molecular complexity index is 695. The van der Waals surface area contributed by atoms with Crippen LogP contribution in [0, 0.1) is 11.3 Å². The SMILES string of the molecule is CSc1cccc(NC(=O)CSCc2ccccc2C#N)c1. The van der Waals surface area contributed by atoms with Gasteiger partial charge in [0.25, 0.3) is 0 Å². The molecule has 3 nitrogen and oxygen atoms in total. The van der Waals surface area contributed by atoms with Gasteiger partial charge < -0.3 is 5.32 Å². The highest BCUT2D eigenvalue weighted by atomic mass is 32.2. The van der Waals surface area contributed by atoms with E-state index in [0.29, 0.717) is 17.1 Å². The molecular weight excluding hydrogens is 312 g/mol. The largest absolute Gasteiger partial charge is 0.325 e. The second kappa shape index (κ2) is 8.52. The maximum absolute atomic E-state index is 12.0. The van der Waals surface area contributed by atoms with Gasteiger partial charge in [0.2, 0.25) is 5.91 Å². The van der Waals surface area contributed by atoms with Gasteiger partial charge in [0, 0.05) is 16.3 Å². The van der Waals surface area contributed by atoms with Crippen LogP contribution in [0.3, 0.4) is 0 Å². The smallest absolute Gasteiger partial charge is 0.234 e. The van der Waals surface area contributed by atoms with E-state index in [1.54, 1.807) is 17.8 Å². The summed E-state index contributed by atoms with van der Waals surface area (Å²) in [5.74, 6) is 0.989. The maximum atomic E-state index is 12.0. The van der Waals surface area contributed by atoms with Crippen LogP contribution in [0.2, 0.25) is 0 Å². The van der Waals surface area contributed by atoms with Gasteiger partial charge in [-0.3, -0.25) is 4.79 Å². The molecule has 0 heterocycles. The predicted molar refractivity (Wildman–Crippen MR) is 94.2 cm³/mol. The van der Waals surface area contributed by atoms with E-state index in [0.717, 1.165) is 16.1 Å². The third kappa shape index (κ3) is 4.83. The van der Waals surface area contributed by atoms with Gasteiger partial charge in [-0.2, -0.15) is 5.26 Å². The monoisotopic (exact) mass is 328 g/mol. The molecule has 22 heavy (non-hydrogen) atoms. The lowest BCUT2D eigenvalue weighted by Crippen LogP contribution is -2.14. The van der Waals surface area contributed by atoms with Gasteiger partial charge in [-0.1, -0.05) is 24.3 Å². The summed E-state index contributed by atoms with van der Waals surface area (Å²) >= 11 is 3.15. The maximum Gasteiger partial charge on any atom is 0.234 e. The second-order valence-electron chi connectivity index (χ2n) is 4.54. The molecule has 0 spiro atoms. The summed E-state index contributed by atoms with van der Waals surface area (Å²) in [7, 11) is 0. The fraction of sp³-hybridized carbons (Fsp3) is 0.176. The van der Waals surface area contributed by atoms with Crippen molar-refractivity contribution >= 4 is 35.1 Å². The van der Waals surface area contributed by atoms with Gasteiger partial charge in [0.1, 0.15) is 0 Å². The first-order valence-corrected chi connectivity index (χ1v) is 9.10. The van der Waals surface area contributed by atoms with Crippen LogP contribution in [0.15, 0.2) is 53.4 Å². The van der Waals surface area contributed by atoms with Crippen molar-refractivity contribution in [3.63, 3.8) is 0 Å². The normalized spacial score (nSPS) is 10.0. The summed E-state index contributed by atoms with van der Waals surface area (Å²) < 4.78 is 0. The van der Waals surface area contributed by atoms with Crippen molar-refractivity contribution in [2.24, 2.45) is 0 Å². The lowest BCUT2D eigenvalue weighted by atomic mass is 10.1. The van der Waals surface area contributed by atoms with E-state index < -0.39 is 0 Å². The number of benzene rings is 2. The Hall–Kier alpha value is -1.90. The number of hydrogen-bond acceptors (Lipinski definition) is 4. The third-order valence-corrected chi connectivity index (χ3v) is 4.69. The van der Waals surface area contributed by atoms with E-state index in [2.05, 4.69) is 11.4 Å². The minimum absolute atomic E-state index is 0.0299. The van der Waals surface area contributed by atoms with Gasteiger partial charge in [0.15, 0.2) is 0 Å². The highest BCUT2D eigenvalue weighted by Gasteiger charge is 2.05. The first kappa shape index (κ1) is 16.5. The van der Waals surface area contributed by atoms with E-state index in [1.165, 1.54) is 11.8 Å². The predicted octanol–water partition coefficient (Wildman–Crippen LogP) is 4.15. The van der Waals surface area contributed by atoms with Crippen LogP contribution in [-0.4, -0.2) is 17.9 Å². The number of carbonyl (C=O) groups excluding carboxylic acids is 1. The molecule has 1 amide bonds. The summed E-state index contributed by atoms with van der Waals surface area (Å²) in [6, 6.07) is 17.4. The Morgan fingerprint density at radius 1 is 1.23 bits per heavy atom. The van der Waals surface area contributed by atoms with Crippen molar-refractivity contribution in [2.75, 3.05) is 17.3 Å². The van der Waals surface area contributed by atoms with Gasteiger partial charge in [-0.15, -0.1) is 23.5 Å². The van der Waals surface area contributed by atoms with Crippen LogP contribution in [0.5, 0.6) is 0 Å². The second-order valence-corrected chi connectivity index (χ2v) is 6.41. The standard InChI is InChI=1S/C17H16N2OS2/c1-21-16-8-4-7-15(9-16)19-17(20)12-22-11-14-6-3-2-5-13(14)10-18/h2-9H,11-12H2,1H3,(H,19,20). The average Bonchev–Trinajstić information content (AvgIpc) is 2.55. The highest BCUT2D eigenvalue weighted by Crippen LogP contribution is 2.20. The lowest BCUT2D eigenvalue weighted by Gasteiger charge is -2.07. The minimum atomic E-state index is -0.0299. The summed E-state index contributed by atoms with van der Waals surface area (Å²) in [6.45, 7) is 0. The summed E-state index contributed by atoms with van der Waals surface area (Å²) in [5.41, 5.74) is 2.45. The molecule has 0 aliphatic rings. The molecule has 2 aromatic rings. The topological polar surface area (TPSA) is 52.9 Å². The fourth-order valence-electron chi connectivity index (χ4n) is 1.91. The molecule has 0 saturated heterocycles. The number of hydrogen-bond donors (Lipinski definition) is 1. The molecule has 0 aromatic heterocycles. The van der Waals surface area contributed by atoms with Gasteiger partial charge in [-0.25, -0.2) is 0 Å². The third-order valence-electron chi connectivity index (χ3n) is 2.98. The molecule has 0 atom stereocenters. The number of nitrogens with one attached hydrogen (secondary N) is 1. The molecule has 0 unspecified atom stereocenters. The lowest BCUT2D eigenvalue weighted by molar-refractivity contribution is -0.113. The first-order chi connectivity index (χ1) is 10.7. The van der Waals surface area contributed by atoms with E-state index in [9.17, 15) is 4.79 Å². The average molecular weight is 328 g/mol. The molecular formula is C17H16N2OS2. The Labute approximate surface area is 139 Å². The summed E-state index contributed by atoms with van der Waals surface area (Å²) in [4.78, 5) is 13.1. The zero-order valence-electron chi connectivity index (χ0n) is 12.2. The van der Waals surface area contributed by atoms with Crippen molar-refractivity contribution in [3.05, 3.63) is 59.7 Å². The van der Waals surface area contributed by atoms with Crippen LogP contribution in [0.25, 0.3) is 0 Å². The number of rotatable bonds is 6. The number of amides is 1. The first-order valence-electron chi connectivity index (χ1n) is 6.72. The number of carbonyl (C=O) groups is 1. The molecule has 2 aromatic carbocycles. The number of thioether (sulfide) groups is 2. The Morgan fingerprint density at radius 2 is 2.05 bits per heavy atom. The molecule has 112 valence electrons. The van der Waals surface area contributed by atoms with Crippen LogP contribution in [0.1, 0.15) is 11.1 Å². The molecule has 0 saturated carbocycles. The van der Waals surface area contributed by atoms with Gasteiger partial charge in [0.05, 0.1) is 17.4 Å². The van der Waals surface area contributed by atoms with Crippen LogP contribution >= 0.6 is 23.5 Å². The van der Waals surface area contributed by atoms with E-state index in [4.69, 9.17) is 5.26 Å². The Kier molecular flexibility index (Phi) is 6.38. The van der Waals surface area contributed by atoms with E-state index in [1.807, 2.05) is 48.7 Å². The van der Waals surface area contributed by atoms with Crippen molar-refractivity contribution in [1.82, 2.24) is 0 Å². The van der Waals surface area contributed by atoms with Crippen molar-refractivity contribution in [2.45, 2.75) is 10.6 Å². The van der Waals surface area contributed by atoms with Crippen molar-refractivity contribution < 1.29 is 4.79 Å². The zero-order chi connectivity index (χ0) is 15.8. The molecule has 5 heteroatoms. The molecule has 0 fully saturated rings. The summed E-state index contributed by atoms with van der Waals surface area (Å²) in [5, 5.41) is 11.9. The zero-order valence-corrected chi connectivity index (χ0v) is 13.8. The highest BCUT2D eigenvalue weighted by molar-refractivity contribution is 7.99. The molecule has 0 aliphatic carbocycles. The van der Waals surface area contributed by atoms with Crippen molar-refractivity contribution in [3.8, 4) is 6.07 Å². The van der Waals surface area contributed by atoms with E-state index in [-0.39, 0.29) is 5.91 Å². The van der Waals surface area contributed by atoms with Crippen LogP contribution < -0.4 is 5.32 Å². The van der Waals surface area contributed by atoms with Crippen molar-refractivity contribution in [1.29, 1.82) is 5.26 Å². The molecule has 0 radical (unpaired) electrons. The van der Waals surface area contributed by atoms with Gasteiger partial charge >= 0.3 is 0 Å². The molecule has 0 bridgehead atoms.